The van der Waals surface area contributed by atoms with E-state index in [1.165, 1.54) is 57.8 Å². The van der Waals surface area contributed by atoms with Crippen molar-refractivity contribution in [1.29, 1.82) is 0 Å². The molecule has 0 amide bonds. The van der Waals surface area contributed by atoms with Gasteiger partial charge in [-0.25, -0.2) is 0 Å². The summed E-state index contributed by atoms with van der Waals surface area (Å²) in [6.45, 7) is 7.25. The molecule has 0 fully saturated rings. The van der Waals surface area contributed by atoms with Crippen molar-refractivity contribution in [3.63, 3.8) is 0 Å². The lowest BCUT2D eigenvalue weighted by Gasteiger charge is -2.39. The maximum Gasteiger partial charge on any atom is 0.193 e. The molecule has 3 unspecified atom stereocenters. The maximum atomic E-state index is 10.1. The monoisotopic (exact) mass is 323 g/mol. The summed E-state index contributed by atoms with van der Waals surface area (Å²) in [5, 5.41) is 13.6. The molecule has 0 aromatic carbocycles. The van der Waals surface area contributed by atoms with E-state index >= 15 is 0 Å². The third-order valence-corrected chi connectivity index (χ3v) is 5.20. The summed E-state index contributed by atoms with van der Waals surface area (Å²) in [4.78, 5) is 0. The van der Waals surface area contributed by atoms with Crippen molar-refractivity contribution in [1.82, 2.24) is 5.32 Å². The Morgan fingerprint density at radius 1 is 1.04 bits per heavy atom. The minimum absolute atomic E-state index is 0.337. The Morgan fingerprint density at radius 3 is 2.35 bits per heavy atom. The molecule has 3 heteroatoms. The highest BCUT2D eigenvalue weighted by Crippen LogP contribution is 2.25. The molecule has 0 aromatic heterocycles. The van der Waals surface area contributed by atoms with E-state index in [4.69, 9.17) is 0 Å². The fourth-order valence-corrected chi connectivity index (χ4v) is 3.52. The SMILES string of the molecule is CCCC/C=C/CCCCCCCC1NC=C[N+]1(CC)C(C)O. The van der Waals surface area contributed by atoms with Crippen molar-refractivity contribution in [3.8, 4) is 0 Å². The molecule has 0 aromatic rings. The molecule has 134 valence electrons. The number of rotatable bonds is 13. The van der Waals surface area contributed by atoms with Crippen LogP contribution in [0.4, 0.5) is 0 Å². The van der Waals surface area contributed by atoms with E-state index in [9.17, 15) is 5.11 Å². The molecule has 3 atom stereocenters. The molecule has 1 aliphatic heterocycles. The zero-order valence-corrected chi connectivity index (χ0v) is 15.6. The van der Waals surface area contributed by atoms with E-state index < -0.39 is 0 Å². The number of unbranched alkanes of at least 4 members (excludes halogenated alkanes) is 7. The van der Waals surface area contributed by atoms with Crippen LogP contribution in [-0.4, -0.2) is 28.5 Å². The van der Waals surface area contributed by atoms with Crippen molar-refractivity contribution in [2.24, 2.45) is 0 Å². The van der Waals surface area contributed by atoms with Crippen LogP contribution in [0.2, 0.25) is 0 Å². The van der Waals surface area contributed by atoms with Crippen LogP contribution >= 0.6 is 0 Å². The molecule has 0 bridgehead atoms. The Kier molecular flexibility index (Phi) is 10.3. The number of hydrogen-bond donors (Lipinski definition) is 2. The van der Waals surface area contributed by atoms with Crippen LogP contribution in [0.5, 0.6) is 0 Å². The van der Waals surface area contributed by atoms with Crippen molar-refractivity contribution >= 4 is 0 Å². The Hall–Kier alpha value is -0.800. The Morgan fingerprint density at radius 2 is 1.70 bits per heavy atom. The fraction of sp³-hybridized carbons (Fsp3) is 0.800. The third-order valence-electron chi connectivity index (χ3n) is 5.20. The van der Waals surface area contributed by atoms with Crippen molar-refractivity contribution in [2.45, 2.75) is 97.4 Å². The quantitative estimate of drug-likeness (QED) is 0.283. The molecule has 1 heterocycles. The lowest BCUT2D eigenvalue weighted by atomic mass is 10.1. The Bertz CT molecular complexity index is 352. The average molecular weight is 324 g/mol. The summed E-state index contributed by atoms with van der Waals surface area (Å²) in [6, 6.07) is 0. The smallest absolute Gasteiger partial charge is 0.193 e. The number of nitrogens with one attached hydrogen (secondary N) is 1. The van der Waals surface area contributed by atoms with Gasteiger partial charge in [-0.3, -0.25) is 4.48 Å². The van der Waals surface area contributed by atoms with E-state index in [2.05, 4.69) is 37.5 Å². The summed E-state index contributed by atoms with van der Waals surface area (Å²) in [7, 11) is 0. The zero-order valence-electron chi connectivity index (χ0n) is 15.6. The molecule has 0 saturated carbocycles. The van der Waals surface area contributed by atoms with Gasteiger partial charge in [0.25, 0.3) is 0 Å². The molecular formula is C20H39N2O+. The predicted molar refractivity (Wildman–Crippen MR) is 99.5 cm³/mol. The van der Waals surface area contributed by atoms with Gasteiger partial charge in [0.2, 0.25) is 0 Å². The number of aliphatic hydroxyl groups is 1. The Labute approximate surface area is 144 Å². The number of hydrogen-bond acceptors (Lipinski definition) is 2. The molecule has 0 aliphatic carbocycles. The van der Waals surface area contributed by atoms with Gasteiger partial charge in [-0.05, 0) is 32.6 Å². The maximum absolute atomic E-state index is 10.1. The molecule has 3 nitrogen and oxygen atoms in total. The number of aliphatic hydroxyl groups excluding tert-OH is 1. The van der Waals surface area contributed by atoms with Gasteiger partial charge in [-0.15, -0.1) is 0 Å². The number of allylic oxidation sites excluding steroid dienone is 2. The molecule has 1 rings (SSSR count). The van der Waals surface area contributed by atoms with Gasteiger partial charge >= 0.3 is 0 Å². The van der Waals surface area contributed by atoms with Crippen molar-refractivity contribution in [3.05, 3.63) is 24.6 Å². The highest BCUT2D eigenvalue weighted by atomic mass is 16.3. The molecule has 1 aliphatic rings. The first kappa shape index (κ1) is 20.2. The van der Waals surface area contributed by atoms with Gasteiger partial charge in [0.1, 0.15) is 6.20 Å². The summed E-state index contributed by atoms with van der Waals surface area (Å²) in [5.74, 6) is 0. The molecular weight excluding hydrogens is 284 g/mol. The van der Waals surface area contributed by atoms with Gasteiger partial charge in [-0.1, -0.05) is 51.2 Å². The average Bonchev–Trinajstić information content (AvgIpc) is 2.97. The molecule has 0 radical (unpaired) electrons. The van der Waals surface area contributed by atoms with Gasteiger partial charge < -0.3 is 10.4 Å². The first-order valence-electron chi connectivity index (χ1n) is 9.81. The highest BCUT2D eigenvalue weighted by molar-refractivity contribution is 4.84. The molecule has 23 heavy (non-hydrogen) atoms. The highest BCUT2D eigenvalue weighted by Gasteiger charge is 2.40. The summed E-state index contributed by atoms with van der Waals surface area (Å²) in [6.07, 6.45) is 21.7. The van der Waals surface area contributed by atoms with Crippen LogP contribution in [0.15, 0.2) is 24.6 Å². The Balaban J connectivity index is 2.06. The van der Waals surface area contributed by atoms with Crippen LogP contribution in [0.3, 0.4) is 0 Å². The van der Waals surface area contributed by atoms with Crippen LogP contribution in [0, 0.1) is 0 Å². The van der Waals surface area contributed by atoms with E-state index in [1.54, 1.807) is 0 Å². The molecule has 0 saturated heterocycles. The molecule has 2 N–H and O–H groups in total. The van der Waals surface area contributed by atoms with Crippen molar-refractivity contribution < 1.29 is 9.59 Å². The van der Waals surface area contributed by atoms with Gasteiger partial charge in [-0.2, -0.15) is 0 Å². The minimum atomic E-state index is -0.337. The van der Waals surface area contributed by atoms with Crippen LogP contribution in [0.25, 0.3) is 0 Å². The second-order valence-electron chi connectivity index (χ2n) is 6.90. The summed E-state index contributed by atoms with van der Waals surface area (Å²) >= 11 is 0. The normalized spacial score (nSPS) is 25.1. The van der Waals surface area contributed by atoms with E-state index in [0.29, 0.717) is 10.6 Å². The first-order chi connectivity index (χ1) is 11.2. The fourth-order valence-electron chi connectivity index (χ4n) is 3.52. The second-order valence-corrected chi connectivity index (χ2v) is 6.90. The van der Waals surface area contributed by atoms with Gasteiger partial charge in [0.05, 0.1) is 12.7 Å². The first-order valence-corrected chi connectivity index (χ1v) is 9.81. The predicted octanol–water partition coefficient (Wildman–Crippen LogP) is 5.04. The number of quaternary nitrogens is 1. The van der Waals surface area contributed by atoms with Crippen LogP contribution in [0.1, 0.15) is 85.0 Å². The van der Waals surface area contributed by atoms with Crippen molar-refractivity contribution in [2.75, 3.05) is 6.54 Å². The number of nitrogens with zero attached hydrogens (tertiary/aromatic N) is 1. The van der Waals surface area contributed by atoms with E-state index in [1.807, 2.05) is 13.1 Å². The van der Waals surface area contributed by atoms with Crippen LogP contribution < -0.4 is 5.32 Å². The van der Waals surface area contributed by atoms with Gasteiger partial charge in [0.15, 0.2) is 12.4 Å². The third kappa shape index (κ3) is 6.68. The van der Waals surface area contributed by atoms with Crippen LogP contribution in [-0.2, 0) is 0 Å². The second kappa shape index (κ2) is 11.7. The molecule has 0 spiro atoms. The largest absolute Gasteiger partial charge is 0.345 e. The standard InChI is InChI=1S/C20H39N2O/c1-4-6-7-8-9-10-11-12-13-14-15-16-20-21-17-18-22(20,5-2)19(3)23/h8-9,17-21,23H,4-7,10-16H2,1-3H3/q+1/b9-8+. The van der Waals surface area contributed by atoms with Gasteiger partial charge in [0, 0.05) is 13.3 Å². The lowest BCUT2D eigenvalue weighted by molar-refractivity contribution is -0.942. The zero-order chi connectivity index (χ0) is 17.0. The lowest BCUT2D eigenvalue weighted by Crippen LogP contribution is -2.57. The summed E-state index contributed by atoms with van der Waals surface area (Å²) < 4.78 is 0.669. The van der Waals surface area contributed by atoms with E-state index in [0.717, 1.165) is 13.0 Å². The summed E-state index contributed by atoms with van der Waals surface area (Å²) in [5.41, 5.74) is 0. The van der Waals surface area contributed by atoms with E-state index in [-0.39, 0.29) is 6.23 Å². The minimum Gasteiger partial charge on any atom is -0.345 e. The topological polar surface area (TPSA) is 32.3 Å².